The van der Waals surface area contributed by atoms with Crippen molar-refractivity contribution < 1.29 is 19.8 Å². The van der Waals surface area contributed by atoms with E-state index in [9.17, 15) is 9.59 Å². The van der Waals surface area contributed by atoms with E-state index in [2.05, 4.69) is 0 Å². The molecule has 0 aromatic rings. The van der Waals surface area contributed by atoms with Crippen LogP contribution in [0.2, 0.25) is 0 Å². The molecular weight excluding hydrogens is 160 g/mol. The molecule has 2 unspecified atom stereocenters. The summed E-state index contributed by atoms with van der Waals surface area (Å²) in [5, 5.41) is 17.7. The second kappa shape index (κ2) is 5.00. The van der Waals surface area contributed by atoms with Crippen molar-refractivity contribution in [1.82, 2.24) is 0 Å². The Morgan fingerprint density at radius 2 is 1.83 bits per heavy atom. The van der Waals surface area contributed by atoms with Crippen LogP contribution in [0.15, 0.2) is 0 Å². The van der Waals surface area contributed by atoms with Gasteiger partial charge in [-0.15, -0.1) is 0 Å². The van der Waals surface area contributed by atoms with Gasteiger partial charge in [0.2, 0.25) is 0 Å². The van der Waals surface area contributed by atoms with Crippen LogP contribution < -0.4 is 0 Å². The standard InChI is InChI=1S/C8H14O4/c1-5(9)7(11)3-4-8(12)6(2)10/h5,8-9,12H,3-4H2,1-2H3. The van der Waals surface area contributed by atoms with Crippen molar-refractivity contribution in [2.24, 2.45) is 0 Å². The zero-order chi connectivity index (χ0) is 9.72. The van der Waals surface area contributed by atoms with Crippen molar-refractivity contribution in [1.29, 1.82) is 0 Å². The summed E-state index contributed by atoms with van der Waals surface area (Å²) in [5.74, 6) is -0.705. The van der Waals surface area contributed by atoms with Crippen molar-refractivity contribution in [3.63, 3.8) is 0 Å². The number of carbonyl (C=O) groups is 2. The third-order valence-electron chi connectivity index (χ3n) is 1.60. The van der Waals surface area contributed by atoms with Crippen LogP contribution in [0, 0.1) is 0 Å². The summed E-state index contributed by atoms with van der Waals surface area (Å²) in [4.78, 5) is 21.3. The van der Waals surface area contributed by atoms with Gasteiger partial charge < -0.3 is 10.2 Å². The lowest BCUT2D eigenvalue weighted by Gasteiger charge is -2.06. The molecule has 0 aromatic carbocycles. The van der Waals surface area contributed by atoms with E-state index in [1.807, 2.05) is 0 Å². The van der Waals surface area contributed by atoms with Crippen LogP contribution in [-0.2, 0) is 9.59 Å². The number of hydrogen-bond acceptors (Lipinski definition) is 4. The van der Waals surface area contributed by atoms with Crippen molar-refractivity contribution in [3.8, 4) is 0 Å². The Morgan fingerprint density at radius 1 is 1.33 bits per heavy atom. The molecule has 12 heavy (non-hydrogen) atoms. The van der Waals surface area contributed by atoms with Gasteiger partial charge in [-0.25, -0.2) is 0 Å². The predicted molar refractivity (Wildman–Crippen MR) is 42.6 cm³/mol. The molecule has 0 spiro atoms. The number of aliphatic hydroxyl groups excluding tert-OH is 2. The summed E-state index contributed by atoms with van der Waals surface area (Å²) in [6, 6.07) is 0. The lowest BCUT2D eigenvalue weighted by molar-refractivity contribution is -0.128. The van der Waals surface area contributed by atoms with Gasteiger partial charge in [0.25, 0.3) is 0 Å². The Morgan fingerprint density at radius 3 is 2.17 bits per heavy atom. The number of ketones is 2. The van der Waals surface area contributed by atoms with E-state index in [0.29, 0.717) is 0 Å². The first-order chi connectivity index (χ1) is 5.45. The van der Waals surface area contributed by atoms with Crippen LogP contribution in [0.1, 0.15) is 26.7 Å². The van der Waals surface area contributed by atoms with Crippen molar-refractivity contribution in [2.75, 3.05) is 0 Å². The molecule has 0 aliphatic rings. The maximum absolute atomic E-state index is 10.8. The number of aliphatic hydroxyl groups is 2. The minimum Gasteiger partial charge on any atom is -0.386 e. The highest BCUT2D eigenvalue weighted by Gasteiger charge is 2.14. The minimum atomic E-state index is -1.08. The van der Waals surface area contributed by atoms with Gasteiger partial charge in [-0.05, 0) is 20.3 Å². The molecule has 70 valence electrons. The first-order valence-electron chi connectivity index (χ1n) is 3.84. The Hall–Kier alpha value is -0.740. The Balaban J connectivity index is 3.69. The van der Waals surface area contributed by atoms with E-state index in [1.54, 1.807) is 0 Å². The number of rotatable bonds is 5. The molecule has 4 heteroatoms. The van der Waals surface area contributed by atoms with E-state index >= 15 is 0 Å². The van der Waals surface area contributed by atoms with Crippen LogP contribution in [-0.4, -0.2) is 34.0 Å². The number of carbonyl (C=O) groups excluding carboxylic acids is 2. The van der Waals surface area contributed by atoms with Gasteiger partial charge in [0.1, 0.15) is 12.2 Å². The van der Waals surface area contributed by atoms with Gasteiger partial charge in [0.15, 0.2) is 11.6 Å². The maximum Gasteiger partial charge on any atom is 0.161 e. The molecule has 0 fully saturated rings. The zero-order valence-electron chi connectivity index (χ0n) is 7.28. The lowest BCUT2D eigenvalue weighted by Crippen LogP contribution is -2.22. The maximum atomic E-state index is 10.8. The van der Waals surface area contributed by atoms with Gasteiger partial charge in [-0.2, -0.15) is 0 Å². The first kappa shape index (κ1) is 11.3. The van der Waals surface area contributed by atoms with Crippen LogP contribution in [0.25, 0.3) is 0 Å². The molecule has 0 amide bonds. The summed E-state index contributed by atoms with van der Waals surface area (Å²) >= 11 is 0. The van der Waals surface area contributed by atoms with E-state index in [-0.39, 0.29) is 24.4 Å². The Bertz CT molecular complexity index is 174. The molecule has 0 rings (SSSR count). The summed E-state index contributed by atoms with van der Waals surface area (Å²) < 4.78 is 0. The molecular formula is C8H14O4. The van der Waals surface area contributed by atoms with Gasteiger partial charge in [0, 0.05) is 6.42 Å². The van der Waals surface area contributed by atoms with Gasteiger partial charge in [-0.3, -0.25) is 9.59 Å². The largest absolute Gasteiger partial charge is 0.386 e. The zero-order valence-corrected chi connectivity index (χ0v) is 7.28. The minimum absolute atomic E-state index is 0.0401. The van der Waals surface area contributed by atoms with Crippen LogP contribution in [0.4, 0.5) is 0 Å². The Kier molecular flexibility index (Phi) is 4.70. The number of hydrogen-bond donors (Lipinski definition) is 2. The monoisotopic (exact) mass is 174 g/mol. The van der Waals surface area contributed by atoms with Crippen molar-refractivity contribution in [3.05, 3.63) is 0 Å². The molecule has 0 saturated carbocycles. The smallest absolute Gasteiger partial charge is 0.161 e. The fourth-order valence-corrected chi connectivity index (χ4v) is 0.691. The summed E-state index contributed by atoms with van der Waals surface area (Å²) in [5.41, 5.74) is 0. The van der Waals surface area contributed by atoms with Gasteiger partial charge >= 0.3 is 0 Å². The molecule has 0 aliphatic heterocycles. The lowest BCUT2D eigenvalue weighted by atomic mass is 10.1. The molecule has 0 bridgehead atoms. The highest BCUT2D eigenvalue weighted by molar-refractivity contribution is 5.84. The van der Waals surface area contributed by atoms with E-state index in [0.717, 1.165) is 0 Å². The number of Topliss-reactive ketones (excluding diaryl/α,β-unsaturated/α-hetero) is 2. The highest BCUT2D eigenvalue weighted by Crippen LogP contribution is 2.01. The van der Waals surface area contributed by atoms with Crippen LogP contribution >= 0.6 is 0 Å². The quantitative estimate of drug-likeness (QED) is 0.598. The molecule has 2 N–H and O–H groups in total. The van der Waals surface area contributed by atoms with E-state index < -0.39 is 12.2 Å². The fraction of sp³-hybridized carbons (Fsp3) is 0.750. The fourth-order valence-electron chi connectivity index (χ4n) is 0.691. The second-order valence-electron chi connectivity index (χ2n) is 2.81. The molecule has 4 nitrogen and oxygen atoms in total. The third kappa shape index (κ3) is 4.20. The summed E-state index contributed by atoms with van der Waals surface area (Å²) in [7, 11) is 0. The van der Waals surface area contributed by atoms with E-state index in [1.165, 1.54) is 13.8 Å². The predicted octanol–water partition coefficient (Wildman–Crippen LogP) is -0.334. The molecule has 0 heterocycles. The first-order valence-corrected chi connectivity index (χ1v) is 3.84. The summed E-state index contributed by atoms with van der Waals surface area (Å²) in [6.07, 6.45) is -1.95. The molecule has 0 aromatic heterocycles. The average Bonchev–Trinajstić information content (AvgIpc) is 1.98. The third-order valence-corrected chi connectivity index (χ3v) is 1.60. The summed E-state index contributed by atoms with van der Waals surface area (Å²) in [6.45, 7) is 2.62. The topological polar surface area (TPSA) is 74.6 Å². The highest BCUT2D eigenvalue weighted by atomic mass is 16.3. The van der Waals surface area contributed by atoms with Crippen LogP contribution in [0.3, 0.4) is 0 Å². The average molecular weight is 174 g/mol. The Labute approximate surface area is 71.2 Å². The molecule has 2 atom stereocenters. The van der Waals surface area contributed by atoms with Crippen molar-refractivity contribution in [2.45, 2.75) is 38.9 Å². The molecule has 0 aliphatic carbocycles. The SMILES string of the molecule is CC(=O)C(O)CCC(=O)C(C)O. The van der Waals surface area contributed by atoms with Crippen molar-refractivity contribution >= 4 is 11.6 Å². The van der Waals surface area contributed by atoms with Crippen LogP contribution in [0.5, 0.6) is 0 Å². The normalized spacial score (nSPS) is 15.3. The van der Waals surface area contributed by atoms with E-state index in [4.69, 9.17) is 10.2 Å². The second-order valence-corrected chi connectivity index (χ2v) is 2.81. The van der Waals surface area contributed by atoms with Gasteiger partial charge in [-0.1, -0.05) is 0 Å². The molecule has 0 saturated heterocycles. The van der Waals surface area contributed by atoms with Gasteiger partial charge in [0.05, 0.1) is 0 Å². The molecule has 0 radical (unpaired) electrons.